The van der Waals surface area contributed by atoms with Gasteiger partial charge in [-0.2, -0.15) is 5.10 Å². The fourth-order valence-electron chi connectivity index (χ4n) is 3.73. The Bertz CT molecular complexity index is 1040. The van der Waals surface area contributed by atoms with Crippen molar-refractivity contribution in [3.63, 3.8) is 0 Å². The summed E-state index contributed by atoms with van der Waals surface area (Å²) >= 11 is 0. The van der Waals surface area contributed by atoms with Crippen LogP contribution in [0.3, 0.4) is 0 Å². The number of para-hydroxylation sites is 1. The van der Waals surface area contributed by atoms with E-state index in [0.29, 0.717) is 13.1 Å². The van der Waals surface area contributed by atoms with Crippen molar-refractivity contribution in [2.75, 3.05) is 16.8 Å². The van der Waals surface area contributed by atoms with Gasteiger partial charge in [-0.3, -0.25) is 14.3 Å². The molecule has 6 nitrogen and oxygen atoms in total. The Morgan fingerprint density at radius 2 is 1.97 bits per heavy atom. The lowest BCUT2D eigenvalue weighted by atomic mass is 10.1. The molecular formula is C23H24N4O2. The van der Waals surface area contributed by atoms with Crippen molar-refractivity contribution in [3.05, 3.63) is 77.6 Å². The number of nitrogens with one attached hydrogen (secondary N) is 1. The van der Waals surface area contributed by atoms with Crippen molar-refractivity contribution < 1.29 is 9.59 Å². The monoisotopic (exact) mass is 388 g/mol. The first-order chi connectivity index (χ1) is 14.0. The number of hydrogen-bond acceptors (Lipinski definition) is 3. The third kappa shape index (κ3) is 3.92. The maximum absolute atomic E-state index is 12.9. The van der Waals surface area contributed by atoms with Gasteiger partial charge in [-0.05, 0) is 48.7 Å². The van der Waals surface area contributed by atoms with Crippen molar-refractivity contribution in [3.8, 4) is 0 Å². The zero-order valence-corrected chi connectivity index (χ0v) is 16.6. The maximum atomic E-state index is 12.9. The minimum atomic E-state index is -0.375. The van der Waals surface area contributed by atoms with E-state index in [9.17, 15) is 9.59 Å². The summed E-state index contributed by atoms with van der Waals surface area (Å²) in [6, 6.07) is 15.5. The van der Waals surface area contributed by atoms with Crippen LogP contribution >= 0.6 is 0 Å². The Hall–Kier alpha value is -3.41. The predicted octanol–water partition coefficient (Wildman–Crippen LogP) is 3.54. The average Bonchev–Trinajstić information content (AvgIpc) is 3.35. The van der Waals surface area contributed by atoms with E-state index in [-0.39, 0.29) is 24.2 Å². The lowest BCUT2D eigenvalue weighted by molar-refractivity contribution is -0.122. The Morgan fingerprint density at radius 1 is 1.14 bits per heavy atom. The van der Waals surface area contributed by atoms with Gasteiger partial charge in [-0.1, -0.05) is 30.3 Å². The fourth-order valence-corrected chi connectivity index (χ4v) is 3.73. The molecule has 1 aromatic heterocycles. The molecule has 2 heterocycles. The van der Waals surface area contributed by atoms with Gasteiger partial charge in [0.25, 0.3) is 0 Å². The first kappa shape index (κ1) is 18.9. The van der Waals surface area contributed by atoms with E-state index in [1.807, 2.05) is 73.3 Å². The number of carbonyl (C=O) groups excluding carboxylic acids is 2. The van der Waals surface area contributed by atoms with Gasteiger partial charge < -0.3 is 10.2 Å². The molecule has 2 aromatic carbocycles. The molecule has 4 rings (SSSR count). The molecule has 3 aromatic rings. The van der Waals surface area contributed by atoms with Crippen LogP contribution in [0.1, 0.15) is 23.1 Å². The number of benzene rings is 2. The van der Waals surface area contributed by atoms with E-state index in [1.54, 1.807) is 11.1 Å². The summed E-state index contributed by atoms with van der Waals surface area (Å²) in [7, 11) is 0. The molecule has 0 radical (unpaired) electrons. The van der Waals surface area contributed by atoms with E-state index in [1.165, 1.54) is 0 Å². The van der Waals surface area contributed by atoms with Gasteiger partial charge in [0.1, 0.15) is 0 Å². The standard InChI is InChI=1S/C23H24N4O2/c1-16-7-5-10-21(17(16)2)27-15-19(13-22(27)28)23(29)25-20-9-4-3-8-18(20)14-26-12-6-11-24-26/h3-12,19H,13-15H2,1-2H3,(H,25,29). The largest absolute Gasteiger partial charge is 0.325 e. The highest BCUT2D eigenvalue weighted by Gasteiger charge is 2.36. The summed E-state index contributed by atoms with van der Waals surface area (Å²) in [6.45, 7) is 5.01. The van der Waals surface area contributed by atoms with Crippen LogP contribution < -0.4 is 10.2 Å². The van der Waals surface area contributed by atoms with Crippen molar-refractivity contribution in [2.24, 2.45) is 5.92 Å². The summed E-state index contributed by atoms with van der Waals surface area (Å²) in [5, 5.41) is 7.26. The summed E-state index contributed by atoms with van der Waals surface area (Å²) in [5.74, 6) is -0.511. The molecule has 1 aliphatic rings. The van der Waals surface area contributed by atoms with Crippen LogP contribution in [0.15, 0.2) is 60.9 Å². The number of hydrogen-bond donors (Lipinski definition) is 1. The third-order valence-corrected chi connectivity index (χ3v) is 5.53. The van der Waals surface area contributed by atoms with Crippen LogP contribution in [0, 0.1) is 19.8 Å². The Kier molecular flexibility index (Phi) is 5.16. The maximum Gasteiger partial charge on any atom is 0.229 e. The Balaban J connectivity index is 1.49. The van der Waals surface area contributed by atoms with Gasteiger partial charge in [0, 0.05) is 36.7 Å². The molecule has 0 saturated carbocycles. The number of amides is 2. The molecule has 1 unspecified atom stereocenters. The number of nitrogens with zero attached hydrogens (tertiary/aromatic N) is 3. The topological polar surface area (TPSA) is 67.2 Å². The van der Waals surface area contributed by atoms with Crippen molar-refractivity contribution in [1.29, 1.82) is 0 Å². The highest BCUT2D eigenvalue weighted by molar-refractivity contribution is 6.04. The van der Waals surface area contributed by atoms with Crippen LogP contribution in [-0.2, 0) is 16.1 Å². The predicted molar refractivity (Wildman–Crippen MR) is 113 cm³/mol. The molecule has 1 atom stereocenters. The van der Waals surface area contributed by atoms with Gasteiger partial charge in [-0.25, -0.2) is 0 Å². The SMILES string of the molecule is Cc1cccc(N2CC(C(=O)Nc3ccccc3Cn3cccn3)CC2=O)c1C. The molecule has 6 heteroatoms. The first-order valence-corrected chi connectivity index (χ1v) is 9.75. The molecule has 148 valence electrons. The molecule has 1 aliphatic heterocycles. The van der Waals surface area contributed by atoms with Crippen molar-refractivity contribution in [1.82, 2.24) is 9.78 Å². The summed E-state index contributed by atoms with van der Waals surface area (Å²) in [5.41, 5.74) is 4.83. The zero-order chi connectivity index (χ0) is 20.4. The Labute approximate surface area is 170 Å². The van der Waals surface area contributed by atoms with Crippen LogP contribution in [0.2, 0.25) is 0 Å². The van der Waals surface area contributed by atoms with Crippen LogP contribution in [-0.4, -0.2) is 28.1 Å². The zero-order valence-electron chi connectivity index (χ0n) is 16.6. The van der Waals surface area contributed by atoms with Gasteiger partial charge in [0.05, 0.1) is 12.5 Å². The smallest absolute Gasteiger partial charge is 0.229 e. The molecule has 0 aliphatic carbocycles. The molecule has 2 amide bonds. The number of aryl methyl sites for hydroxylation is 1. The van der Waals surface area contributed by atoms with Crippen LogP contribution in [0.25, 0.3) is 0 Å². The van der Waals surface area contributed by atoms with Crippen molar-refractivity contribution in [2.45, 2.75) is 26.8 Å². The second-order valence-corrected chi connectivity index (χ2v) is 7.47. The molecule has 1 fully saturated rings. The van der Waals surface area contributed by atoms with E-state index in [4.69, 9.17) is 0 Å². The highest BCUT2D eigenvalue weighted by Crippen LogP contribution is 2.30. The fraction of sp³-hybridized carbons (Fsp3) is 0.261. The lowest BCUT2D eigenvalue weighted by Gasteiger charge is -2.20. The normalized spacial score (nSPS) is 16.3. The molecule has 0 spiro atoms. The van der Waals surface area contributed by atoms with E-state index < -0.39 is 0 Å². The molecule has 1 saturated heterocycles. The number of aromatic nitrogens is 2. The van der Waals surface area contributed by atoms with Gasteiger partial charge in [0.2, 0.25) is 11.8 Å². The second-order valence-electron chi connectivity index (χ2n) is 7.47. The quantitative estimate of drug-likeness (QED) is 0.727. The molecule has 0 bridgehead atoms. The number of carbonyl (C=O) groups is 2. The molecule has 29 heavy (non-hydrogen) atoms. The van der Waals surface area contributed by atoms with E-state index >= 15 is 0 Å². The van der Waals surface area contributed by atoms with Crippen LogP contribution in [0.4, 0.5) is 11.4 Å². The Morgan fingerprint density at radius 3 is 2.76 bits per heavy atom. The van der Waals surface area contributed by atoms with E-state index in [2.05, 4.69) is 10.4 Å². The lowest BCUT2D eigenvalue weighted by Crippen LogP contribution is -2.29. The summed E-state index contributed by atoms with van der Waals surface area (Å²) in [6.07, 6.45) is 3.84. The molecule has 1 N–H and O–H groups in total. The van der Waals surface area contributed by atoms with Crippen molar-refractivity contribution >= 4 is 23.2 Å². The summed E-state index contributed by atoms with van der Waals surface area (Å²) in [4.78, 5) is 27.3. The second kappa shape index (κ2) is 7.91. The number of rotatable bonds is 5. The summed E-state index contributed by atoms with van der Waals surface area (Å²) < 4.78 is 1.81. The minimum Gasteiger partial charge on any atom is -0.325 e. The van der Waals surface area contributed by atoms with Gasteiger partial charge in [0.15, 0.2) is 0 Å². The minimum absolute atomic E-state index is 0.0105. The number of anilines is 2. The van der Waals surface area contributed by atoms with Gasteiger partial charge in [-0.15, -0.1) is 0 Å². The highest BCUT2D eigenvalue weighted by atomic mass is 16.2. The first-order valence-electron chi connectivity index (χ1n) is 9.75. The van der Waals surface area contributed by atoms with Gasteiger partial charge >= 0.3 is 0 Å². The van der Waals surface area contributed by atoms with Crippen LogP contribution in [0.5, 0.6) is 0 Å². The third-order valence-electron chi connectivity index (χ3n) is 5.53. The van der Waals surface area contributed by atoms with E-state index in [0.717, 1.165) is 28.1 Å². The average molecular weight is 388 g/mol. The molecular weight excluding hydrogens is 364 g/mol.